The summed E-state index contributed by atoms with van der Waals surface area (Å²) in [5.41, 5.74) is 20.3. The Balaban J connectivity index is 0.000000795. The zero-order chi connectivity index (χ0) is 34.4. The predicted molar refractivity (Wildman–Crippen MR) is 203 cm³/mol. The first-order chi connectivity index (χ1) is 21.7. The monoisotopic (exact) mass is 610 g/mol. The van der Waals surface area contributed by atoms with Crippen molar-refractivity contribution in [2.75, 3.05) is 19.4 Å². The van der Waals surface area contributed by atoms with Gasteiger partial charge in [0.25, 0.3) is 0 Å². The van der Waals surface area contributed by atoms with Gasteiger partial charge < -0.3 is 16.4 Å². The second-order valence-electron chi connectivity index (χ2n) is 9.93. The molecule has 1 aromatic rings. The third-order valence-electron chi connectivity index (χ3n) is 6.57. The van der Waals surface area contributed by atoms with Crippen molar-refractivity contribution in [3.63, 3.8) is 0 Å². The lowest BCUT2D eigenvalue weighted by molar-refractivity contribution is 0.843. The highest BCUT2D eigenvalue weighted by atomic mass is 15.0. The molecular formula is C39H58N6. The molecule has 1 aliphatic carbocycles. The Morgan fingerprint density at radius 2 is 1.80 bits per heavy atom. The van der Waals surface area contributed by atoms with Crippen LogP contribution in [0.2, 0.25) is 0 Å². The van der Waals surface area contributed by atoms with Crippen molar-refractivity contribution < 1.29 is 0 Å². The van der Waals surface area contributed by atoms with Gasteiger partial charge in [-0.05, 0) is 86.6 Å². The summed E-state index contributed by atoms with van der Waals surface area (Å²) in [6.07, 6.45) is 13.3. The minimum atomic E-state index is 0.599. The van der Waals surface area contributed by atoms with Gasteiger partial charge >= 0.3 is 0 Å². The molecule has 3 aliphatic rings. The van der Waals surface area contributed by atoms with Crippen molar-refractivity contribution in [2.24, 2.45) is 20.7 Å². The van der Waals surface area contributed by atoms with Crippen LogP contribution in [-0.4, -0.2) is 31.9 Å². The minimum Gasteiger partial charge on any atom is -0.380 e. The lowest BCUT2D eigenvalue weighted by Crippen LogP contribution is -2.28. The fourth-order valence-electron chi connectivity index (χ4n) is 4.43. The van der Waals surface area contributed by atoms with Crippen LogP contribution in [0.4, 0.5) is 5.69 Å². The molecule has 4 N–H and O–H groups in total. The molecular weight excluding hydrogens is 552 g/mol. The molecule has 45 heavy (non-hydrogen) atoms. The molecule has 0 atom stereocenters. The van der Waals surface area contributed by atoms with Gasteiger partial charge in [0.2, 0.25) is 0 Å². The van der Waals surface area contributed by atoms with E-state index in [9.17, 15) is 0 Å². The third-order valence-corrected chi connectivity index (χ3v) is 6.57. The number of hydrogen-bond donors (Lipinski definition) is 3. The van der Waals surface area contributed by atoms with Crippen LogP contribution in [0.5, 0.6) is 0 Å². The van der Waals surface area contributed by atoms with Crippen LogP contribution >= 0.6 is 0 Å². The van der Waals surface area contributed by atoms with E-state index in [-0.39, 0.29) is 0 Å². The maximum atomic E-state index is 4.50. The first-order valence-electron chi connectivity index (χ1n) is 16.1. The average Bonchev–Trinajstić information content (AvgIpc) is 3.05. The van der Waals surface area contributed by atoms with E-state index in [2.05, 4.69) is 121 Å². The number of hydrogen-bond acceptors (Lipinski definition) is 6. The highest BCUT2D eigenvalue weighted by Crippen LogP contribution is 2.27. The molecule has 0 bridgehead atoms. The van der Waals surface area contributed by atoms with Crippen molar-refractivity contribution in [3.05, 3.63) is 119 Å². The Morgan fingerprint density at radius 3 is 2.42 bits per heavy atom. The van der Waals surface area contributed by atoms with Gasteiger partial charge in [-0.25, -0.2) is 9.98 Å². The van der Waals surface area contributed by atoms with Gasteiger partial charge in [-0.3, -0.25) is 4.99 Å². The van der Waals surface area contributed by atoms with Gasteiger partial charge in [-0.2, -0.15) is 0 Å². The number of nitrogens with zero attached hydrogens (tertiary/aromatic N) is 3. The van der Waals surface area contributed by atoms with Crippen LogP contribution in [-0.2, 0) is 13.0 Å². The molecule has 0 spiro atoms. The topological polar surface area (TPSA) is 87.2 Å². The van der Waals surface area contributed by atoms with Crippen molar-refractivity contribution in [1.29, 1.82) is 0 Å². The summed E-state index contributed by atoms with van der Waals surface area (Å²) in [5.74, 6) is 0. The number of fused-ring (bicyclic) bond motifs is 1. The van der Waals surface area contributed by atoms with Crippen LogP contribution in [0.1, 0.15) is 85.3 Å². The van der Waals surface area contributed by atoms with Gasteiger partial charge in [0.15, 0.2) is 0 Å². The SMILES string of the molecule is C=C(C)/C1=C/C(CCC)=C=C(C)/C=C\C1.C=C1CCc2ccc(CNC(=C)C3=NC=NC(=C)C3=NC)cc2N1.CC.CC.CN. The van der Waals surface area contributed by atoms with E-state index in [0.717, 1.165) is 48.2 Å². The lowest BCUT2D eigenvalue weighted by Gasteiger charge is -2.21. The quantitative estimate of drug-likeness (QED) is 0.269. The average molecular weight is 611 g/mol. The Kier molecular flexibility index (Phi) is 21.0. The zero-order valence-electron chi connectivity index (χ0n) is 29.5. The third kappa shape index (κ3) is 13.9. The first-order valence-corrected chi connectivity index (χ1v) is 16.1. The van der Waals surface area contributed by atoms with Gasteiger partial charge in [0, 0.05) is 25.0 Å². The molecule has 6 nitrogen and oxygen atoms in total. The molecule has 0 unspecified atom stereocenters. The zero-order valence-corrected chi connectivity index (χ0v) is 29.5. The number of aliphatic imine (C=N–C) groups is 3. The van der Waals surface area contributed by atoms with Crippen molar-refractivity contribution in [2.45, 2.75) is 87.1 Å². The number of benzene rings is 1. The molecule has 0 fully saturated rings. The summed E-state index contributed by atoms with van der Waals surface area (Å²) < 4.78 is 0. The van der Waals surface area contributed by atoms with Crippen molar-refractivity contribution in [3.8, 4) is 0 Å². The van der Waals surface area contributed by atoms with E-state index in [1.807, 2.05) is 27.7 Å². The number of aryl methyl sites for hydroxylation is 1. The van der Waals surface area contributed by atoms with E-state index >= 15 is 0 Å². The number of nitrogens with one attached hydrogen (secondary N) is 2. The van der Waals surface area contributed by atoms with E-state index in [1.54, 1.807) is 7.05 Å². The summed E-state index contributed by atoms with van der Waals surface area (Å²) in [6, 6.07) is 6.45. The van der Waals surface area contributed by atoms with Gasteiger partial charge in [0.1, 0.15) is 17.8 Å². The molecule has 6 heteroatoms. The number of allylic oxidation sites excluding steroid dienone is 9. The molecule has 4 rings (SSSR count). The maximum absolute atomic E-state index is 4.50. The molecule has 2 aliphatic heterocycles. The number of anilines is 1. The highest BCUT2D eigenvalue weighted by molar-refractivity contribution is 6.54. The van der Waals surface area contributed by atoms with Gasteiger partial charge in [-0.1, -0.05) is 97.2 Å². The molecule has 0 saturated carbocycles. The van der Waals surface area contributed by atoms with Crippen LogP contribution in [0, 0.1) is 0 Å². The Hall–Kier alpha value is -4.25. The van der Waals surface area contributed by atoms with Crippen molar-refractivity contribution in [1.82, 2.24) is 5.32 Å². The highest BCUT2D eigenvalue weighted by Gasteiger charge is 2.18. The Labute approximate surface area is 274 Å². The molecule has 1 aromatic carbocycles. The van der Waals surface area contributed by atoms with E-state index in [0.29, 0.717) is 29.4 Å². The van der Waals surface area contributed by atoms with Crippen LogP contribution in [0.25, 0.3) is 0 Å². The second kappa shape index (κ2) is 23.2. The lowest BCUT2D eigenvalue weighted by atomic mass is 9.98. The van der Waals surface area contributed by atoms with E-state index < -0.39 is 0 Å². The Morgan fingerprint density at radius 1 is 1.11 bits per heavy atom. The van der Waals surface area contributed by atoms with Crippen molar-refractivity contribution >= 4 is 23.4 Å². The largest absolute Gasteiger partial charge is 0.380 e. The minimum absolute atomic E-state index is 0.599. The van der Waals surface area contributed by atoms with E-state index in [1.165, 1.54) is 42.1 Å². The fourth-order valence-corrected chi connectivity index (χ4v) is 4.43. The van der Waals surface area contributed by atoms with Crippen LogP contribution < -0.4 is 16.4 Å². The molecule has 0 radical (unpaired) electrons. The Bertz CT molecular complexity index is 1390. The van der Waals surface area contributed by atoms with Crippen LogP contribution in [0.15, 0.2) is 123 Å². The molecule has 0 saturated heterocycles. The van der Waals surface area contributed by atoms with Gasteiger partial charge in [0.05, 0.1) is 11.4 Å². The normalized spacial score (nSPS) is 17.2. The molecule has 0 amide bonds. The van der Waals surface area contributed by atoms with Crippen LogP contribution in [0.3, 0.4) is 0 Å². The number of rotatable bonds is 7. The molecule has 0 aromatic heterocycles. The summed E-state index contributed by atoms with van der Waals surface area (Å²) in [6.45, 7) is 31.0. The summed E-state index contributed by atoms with van der Waals surface area (Å²) in [5, 5.41) is 6.67. The molecule has 2 heterocycles. The summed E-state index contributed by atoms with van der Waals surface area (Å²) in [4.78, 5) is 12.5. The second-order valence-corrected chi connectivity index (χ2v) is 9.93. The summed E-state index contributed by atoms with van der Waals surface area (Å²) in [7, 11) is 3.20. The first kappa shape index (κ1) is 40.8. The fraction of sp³-hybridized carbons (Fsp3) is 0.385. The number of nitrogens with two attached hydrogens (primary N) is 1. The smallest absolute Gasteiger partial charge is 0.116 e. The maximum Gasteiger partial charge on any atom is 0.116 e. The predicted octanol–water partition coefficient (Wildman–Crippen LogP) is 9.58. The summed E-state index contributed by atoms with van der Waals surface area (Å²) >= 11 is 0. The standard InChI is InChI=1S/C19H21N5.C15H20.2C2H6.CH5N/c1-12-5-7-16-8-6-15(9-17(16)24-12)10-21-14(3)19-18(20-4)13(2)22-11-23-19;1-5-7-14-10-13(4)8-6-9-15(11-14)12(2)3;3*1-2/h6,8-9,11,21,24H,1-3,5,7,10H2,4H3;6,8,11H,2,5,7,9H2,1,3-4H3;2*1-2H3;2H2,1H3/b;8-6-,15-11+;;;. The van der Waals surface area contributed by atoms with Gasteiger partial charge in [-0.15, -0.1) is 5.73 Å². The van der Waals surface area contributed by atoms with E-state index in [4.69, 9.17) is 0 Å². The molecule has 244 valence electrons.